The third-order valence-electron chi connectivity index (χ3n) is 3.25. The minimum Gasteiger partial charge on any atom is -0.349 e. The number of hydrogen-bond acceptors (Lipinski definition) is 3. The van der Waals surface area contributed by atoms with Crippen LogP contribution in [-0.4, -0.2) is 19.0 Å². The van der Waals surface area contributed by atoms with Gasteiger partial charge in [-0.05, 0) is 25.3 Å². The molecular formula is C13H25N3O2S. The van der Waals surface area contributed by atoms with Crippen LogP contribution in [0.4, 0.5) is 0 Å². The van der Waals surface area contributed by atoms with Crippen molar-refractivity contribution in [3.8, 4) is 0 Å². The van der Waals surface area contributed by atoms with Crippen LogP contribution in [0.2, 0.25) is 0 Å². The summed E-state index contributed by atoms with van der Waals surface area (Å²) in [4.78, 5) is 0.313. The van der Waals surface area contributed by atoms with E-state index in [1.165, 1.54) is 0 Å². The van der Waals surface area contributed by atoms with Crippen molar-refractivity contribution in [3.63, 3.8) is 0 Å². The van der Waals surface area contributed by atoms with Gasteiger partial charge in [0.05, 0.1) is 4.90 Å². The van der Waals surface area contributed by atoms with Crippen LogP contribution in [0.3, 0.4) is 0 Å². The fourth-order valence-corrected chi connectivity index (χ4v) is 3.50. The summed E-state index contributed by atoms with van der Waals surface area (Å²) in [7, 11) is -3.44. The second-order valence-corrected chi connectivity index (χ2v) is 6.41. The lowest BCUT2D eigenvalue weighted by atomic mass is 10.2. The highest BCUT2D eigenvalue weighted by molar-refractivity contribution is 7.89. The molecule has 5 nitrogen and oxygen atoms in total. The molecule has 3 N–H and O–H groups in total. The van der Waals surface area contributed by atoms with Crippen molar-refractivity contribution in [2.45, 2.75) is 64.1 Å². The zero-order valence-corrected chi connectivity index (χ0v) is 12.8. The number of hydrogen-bond donors (Lipinski definition) is 2. The van der Waals surface area contributed by atoms with Crippen molar-refractivity contribution < 1.29 is 8.42 Å². The van der Waals surface area contributed by atoms with E-state index in [1.807, 2.05) is 18.4 Å². The van der Waals surface area contributed by atoms with E-state index < -0.39 is 10.0 Å². The van der Waals surface area contributed by atoms with Crippen LogP contribution in [0.15, 0.2) is 17.2 Å². The number of sulfonamides is 1. The Hall–Kier alpha value is -0.850. The minimum atomic E-state index is -3.44. The van der Waals surface area contributed by atoms with Crippen molar-refractivity contribution >= 4 is 10.0 Å². The summed E-state index contributed by atoms with van der Waals surface area (Å²) in [5.41, 5.74) is 6.51. The molecule has 6 heteroatoms. The third kappa shape index (κ3) is 4.06. The molecule has 0 aromatic carbocycles. The van der Waals surface area contributed by atoms with Gasteiger partial charge in [-0.1, -0.05) is 20.8 Å². The van der Waals surface area contributed by atoms with Crippen LogP contribution < -0.4 is 10.5 Å². The van der Waals surface area contributed by atoms with E-state index in [0.717, 1.165) is 31.5 Å². The van der Waals surface area contributed by atoms with Crippen molar-refractivity contribution in [1.82, 2.24) is 9.29 Å². The van der Waals surface area contributed by atoms with E-state index in [9.17, 15) is 8.42 Å². The van der Waals surface area contributed by atoms with Gasteiger partial charge in [0, 0.05) is 31.0 Å². The second kappa shape index (κ2) is 7.07. The summed E-state index contributed by atoms with van der Waals surface area (Å²) in [6, 6.07) is 1.65. The highest BCUT2D eigenvalue weighted by atomic mass is 32.2. The Morgan fingerprint density at radius 1 is 1.32 bits per heavy atom. The molecule has 0 aliphatic rings. The molecule has 1 aromatic heterocycles. The predicted octanol–water partition coefficient (Wildman–Crippen LogP) is 1.82. The molecule has 1 rings (SSSR count). The van der Waals surface area contributed by atoms with Gasteiger partial charge in [-0.15, -0.1) is 0 Å². The van der Waals surface area contributed by atoms with Crippen molar-refractivity contribution in [2.75, 3.05) is 0 Å². The number of nitrogens with one attached hydrogen (secondary N) is 1. The van der Waals surface area contributed by atoms with Gasteiger partial charge in [-0.2, -0.15) is 0 Å². The van der Waals surface area contributed by atoms with Crippen molar-refractivity contribution in [1.29, 1.82) is 0 Å². The predicted molar refractivity (Wildman–Crippen MR) is 77.3 cm³/mol. The first-order chi connectivity index (χ1) is 8.98. The summed E-state index contributed by atoms with van der Waals surface area (Å²) in [5.74, 6) is 0. The maximum Gasteiger partial charge on any atom is 0.242 e. The van der Waals surface area contributed by atoms with Crippen LogP contribution in [0.5, 0.6) is 0 Å². The normalized spacial score (nSPS) is 12.3. The molecule has 0 saturated heterocycles. The smallest absolute Gasteiger partial charge is 0.242 e. The summed E-state index contributed by atoms with van der Waals surface area (Å²) in [6.45, 7) is 7.14. The molecule has 1 heterocycles. The fraction of sp³-hybridized carbons (Fsp3) is 0.692. The van der Waals surface area contributed by atoms with Gasteiger partial charge in [0.2, 0.25) is 10.0 Å². The van der Waals surface area contributed by atoms with Gasteiger partial charge in [-0.3, -0.25) is 0 Å². The van der Waals surface area contributed by atoms with E-state index in [-0.39, 0.29) is 6.04 Å². The molecule has 0 unspecified atom stereocenters. The highest BCUT2D eigenvalue weighted by Crippen LogP contribution is 2.16. The fourth-order valence-electron chi connectivity index (χ4n) is 2.04. The quantitative estimate of drug-likeness (QED) is 0.765. The first kappa shape index (κ1) is 16.2. The minimum absolute atomic E-state index is 0.0131. The summed E-state index contributed by atoms with van der Waals surface area (Å²) in [5, 5.41) is 0. The van der Waals surface area contributed by atoms with Gasteiger partial charge >= 0.3 is 0 Å². The van der Waals surface area contributed by atoms with E-state index in [4.69, 9.17) is 5.73 Å². The largest absolute Gasteiger partial charge is 0.349 e. The first-order valence-electron chi connectivity index (χ1n) is 6.89. The van der Waals surface area contributed by atoms with E-state index in [0.29, 0.717) is 11.4 Å². The van der Waals surface area contributed by atoms with Crippen LogP contribution in [0, 0.1) is 0 Å². The average Bonchev–Trinajstić information content (AvgIpc) is 2.80. The summed E-state index contributed by atoms with van der Waals surface area (Å²) < 4.78 is 29.2. The molecule has 110 valence electrons. The molecule has 0 radical (unpaired) electrons. The van der Waals surface area contributed by atoms with Gasteiger partial charge in [-0.25, -0.2) is 13.1 Å². The Balaban J connectivity index is 3.01. The van der Waals surface area contributed by atoms with Gasteiger partial charge in [0.25, 0.3) is 0 Å². The molecule has 0 spiro atoms. The molecule has 0 fully saturated rings. The van der Waals surface area contributed by atoms with E-state index in [2.05, 4.69) is 11.6 Å². The Labute approximate surface area is 116 Å². The van der Waals surface area contributed by atoms with E-state index >= 15 is 0 Å². The maximum absolute atomic E-state index is 12.3. The zero-order chi connectivity index (χ0) is 14.5. The number of aromatic nitrogens is 1. The van der Waals surface area contributed by atoms with Crippen LogP contribution in [0.25, 0.3) is 0 Å². The number of nitrogens with two attached hydrogens (primary N) is 1. The molecule has 0 bridgehead atoms. The van der Waals surface area contributed by atoms with Gasteiger partial charge in [0.15, 0.2) is 0 Å². The van der Waals surface area contributed by atoms with Crippen LogP contribution >= 0.6 is 0 Å². The molecular weight excluding hydrogens is 262 g/mol. The topological polar surface area (TPSA) is 77.1 Å². The molecule has 0 aliphatic heterocycles. The van der Waals surface area contributed by atoms with E-state index in [1.54, 1.807) is 12.3 Å². The molecule has 0 amide bonds. The van der Waals surface area contributed by atoms with Crippen LogP contribution in [0.1, 0.15) is 45.7 Å². The SMILES string of the molecule is CCCn1cc(S(=O)(=O)NC(CC)CC)cc1CN. The molecule has 0 aliphatic carbocycles. The Kier molecular flexibility index (Phi) is 6.03. The maximum atomic E-state index is 12.3. The van der Waals surface area contributed by atoms with Crippen molar-refractivity contribution in [2.24, 2.45) is 5.73 Å². The second-order valence-electron chi connectivity index (χ2n) is 4.70. The average molecular weight is 287 g/mol. The third-order valence-corrected chi connectivity index (χ3v) is 4.74. The Morgan fingerprint density at radius 2 is 1.95 bits per heavy atom. The van der Waals surface area contributed by atoms with Crippen LogP contribution in [-0.2, 0) is 23.1 Å². The molecule has 0 atom stereocenters. The lowest BCUT2D eigenvalue weighted by Crippen LogP contribution is -2.33. The Morgan fingerprint density at radius 3 is 2.42 bits per heavy atom. The lowest BCUT2D eigenvalue weighted by molar-refractivity contribution is 0.530. The molecule has 0 saturated carbocycles. The summed E-state index contributed by atoms with van der Waals surface area (Å²) >= 11 is 0. The number of nitrogens with zero attached hydrogens (tertiary/aromatic N) is 1. The molecule has 19 heavy (non-hydrogen) atoms. The highest BCUT2D eigenvalue weighted by Gasteiger charge is 2.20. The van der Waals surface area contributed by atoms with Gasteiger partial charge < -0.3 is 10.3 Å². The van der Waals surface area contributed by atoms with Crippen molar-refractivity contribution in [3.05, 3.63) is 18.0 Å². The number of aryl methyl sites for hydroxylation is 1. The van der Waals surface area contributed by atoms with Gasteiger partial charge in [0.1, 0.15) is 0 Å². The summed E-state index contributed by atoms with van der Waals surface area (Å²) in [6.07, 6.45) is 4.20. The Bertz CT molecular complexity index is 490. The zero-order valence-electron chi connectivity index (χ0n) is 12.0. The standard InChI is InChI=1S/C13H25N3O2S/c1-4-7-16-10-13(8-12(16)9-14)19(17,18)15-11(5-2)6-3/h8,10-11,15H,4-7,9,14H2,1-3H3. The molecule has 1 aromatic rings. The first-order valence-corrected chi connectivity index (χ1v) is 8.38. The monoisotopic (exact) mass is 287 g/mol. The number of rotatable bonds is 8. The lowest BCUT2D eigenvalue weighted by Gasteiger charge is -2.13.